The van der Waals surface area contributed by atoms with Gasteiger partial charge in [0.15, 0.2) is 0 Å². The summed E-state index contributed by atoms with van der Waals surface area (Å²) in [6, 6.07) is 4.54. The van der Waals surface area contributed by atoms with E-state index in [9.17, 15) is 9.18 Å². The molecule has 0 bridgehead atoms. The number of carbonyl (C=O) groups is 1. The molecule has 1 aliphatic rings. The van der Waals surface area contributed by atoms with Crippen LogP contribution in [-0.2, 0) is 4.74 Å². The Balaban J connectivity index is 2.02. The molecule has 1 amide bonds. The van der Waals surface area contributed by atoms with E-state index in [1.807, 2.05) is 6.92 Å². The van der Waals surface area contributed by atoms with Crippen LogP contribution in [0.25, 0.3) is 0 Å². The number of nitrogens with one attached hydrogen (secondary N) is 2. The predicted molar refractivity (Wildman–Crippen MR) is 75.3 cm³/mol. The monoisotopic (exact) mass is 280 g/mol. The molecule has 0 spiro atoms. The Labute approximate surface area is 118 Å². The minimum absolute atomic E-state index is 0.0931. The predicted octanol–water partition coefficient (Wildman–Crippen LogP) is 1.63. The van der Waals surface area contributed by atoms with Crippen LogP contribution in [0, 0.1) is 12.7 Å². The van der Waals surface area contributed by atoms with Gasteiger partial charge in [-0.1, -0.05) is 11.6 Å². The van der Waals surface area contributed by atoms with Crippen molar-refractivity contribution >= 4 is 5.91 Å². The van der Waals surface area contributed by atoms with E-state index in [1.54, 1.807) is 19.2 Å². The van der Waals surface area contributed by atoms with Crippen LogP contribution in [0.5, 0.6) is 0 Å². The van der Waals surface area contributed by atoms with Crippen LogP contribution in [0.1, 0.15) is 28.8 Å². The third-order valence-corrected chi connectivity index (χ3v) is 3.71. The molecule has 1 atom stereocenters. The third-order valence-electron chi connectivity index (χ3n) is 3.71. The molecule has 1 aliphatic heterocycles. The number of halogens is 1. The maximum atomic E-state index is 13.7. The van der Waals surface area contributed by atoms with Gasteiger partial charge < -0.3 is 15.4 Å². The second-order valence-corrected chi connectivity index (χ2v) is 5.41. The van der Waals surface area contributed by atoms with Crippen LogP contribution in [0.2, 0.25) is 0 Å². The number of ether oxygens (including phenoxy) is 1. The molecule has 1 aromatic carbocycles. The van der Waals surface area contributed by atoms with Crippen LogP contribution in [0.3, 0.4) is 0 Å². The lowest BCUT2D eigenvalue weighted by molar-refractivity contribution is 0.0888. The van der Waals surface area contributed by atoms with Crippen LogP contribution in [0.4, 0.5) is 4.39 Å². The first-order valence-electron chi connectivity index (χ1n) is 6.85. The maximum Gasteiger partial charge on any atom is 0.254 e. The number of rotatable bonds is 5. The van der Waals surface area contributed by atoms with Gasteiger partial charge in [-0.2, -0.15) is 0 Å². The average Bonchev–Trinajstić information content (AvgIpc) is 2.88. The van der Waals surface area contributed by atoms with Crippen molar-refractivity contribution in [2.24, 2.45) is 0 Å². The third kappa shape index (κ3) is 3.35. The number of hydrogen-bond donors (Lipinski definition) is 2. The highest BCUT2D eigenvalue weighted by Crippen LogP contribution is 2.19. The summed E-state index contributed by atoms with van der Waals surface area (Å²) in [6.45, 7) is 3.72. The second-order valence-electron chi connectivity index (χ2n) is 5.41. The lowest BCUT2D eigenvalue weighted by Crippen LogP contribution is -2.53. The lowest BCUT2D eigenvalue weighted by Gasteiger charge is -2.29. The topological polar surface area (TPSA) is 50.4 Å². The van der Waals surface area contributed by atoms with Crippen LogP contribution >= 0.6 is 0 Å². The summed E-state index contributed by atoms with van der Waals surface area (Å²) in [5.41, 5.74) is 0.725. The van der Waals surface area contributed by atoms with E-state index >= 15 is 0 Å². The number of aryl methyl sites for hydroxylation is 1. The van der Waals surface area contributed by atoms with E-state index in [2.05, 4.69) is 10.6 Å². The van der Waals surface area contributed by atoms with Crippen molar-refractivity contribution in [3.8, 4) is 0 Å². The van der Waals surface area contributed by atoms with E-state index in [0.717, 1.165) is 24.9 Å². The van der Waals surface area contributed by atoms with Crippen molar-refractivity contribution in [2.45, 2.75) is 25.3 Å². The van der Waals surface area contributed by atoms with Crippen molar-refractivity contribution in [1.29, 1.82) is 0 Å². The molecular formula is C15H21FN2O2. The standard InChI is InChI=1S/C15H21FN2O2/c1-11-4-5-13(16)12(8-11)14(19)17-9-15(10-20-2)6-3-7-18-15/h4-5,8,18H,3,6-7,9-10H2,1-2H3,(H,17,19). The zero-order valence-corrected chi connectivity index (χ0v) is 12.0. The Morgan fingerprint density at radius 3 is 3.00 bits per heavy atom. The van der Waals surface area contributed by atoms with Gasteiger partial charge in [0.1, 0.15) is 5.82 Å². The summed E-state index contributed by atoms with van der Waals surface area (Å²) in [6.07, 6.45) is 2.00. The Hall–Kier alpha value is -1.46. The van der Waals surface area contributed by atoms with Gasteiger partial charge in [0.25, 0.3) is 5.91 Å². The normalized spacial score (nSPS) is 21.9. The Bertz CT molecular complexity index is 485. The number of benzene rings is 1. The lowest BCUT2D eigenvalue weighted by atomic mass is 9.98. The summed E-state index contributed by atoms with van der Waals surface area (Å²) in [5.74, 6) is -0.872. The van der Waals surface area contributed by atoms with E-state index in [1.165, 1.54) is 6.07 Å². The van der Waals surface area contributed by atoms with Crippen molar-refractivity contribution in [2.75, 3.05) is 26.8 Å². The number of methoxy groups -OCH3 is 1. The molecule has 0 radical (unpaired) electrons. The number of carbonyl (C=O) groups excluding carboxylic acids is 1. The molecule has 2 rings (SSSR count). The van der Waals surface area contributed by atoms with Gasteiger partial charge in [-0.15, -0.1) is 0 Å². The van der Waals surface area contributed by atoms with Gasteiger partial charge in [-0.3, -0.25) is 4.79 Å². The molecule has 110 valence electrons. The quantitative estimate of drug-likeness (QED) is 0.862. The van der Waals surface area contributed by atoms with Crippen LogP contribution in [-0.4, -0.2) is 38.3 Å². The Kier molecular flexibility index (Phi) is 4.73. The Morgan fingerprint density at radius 2 is 2.35 bits per heavy atom. The molecule has 0 aromatic heterocycles. The Morgan fingerprint density at radius 1 is 1.55 bits per heavy atom. The van der Waals surface area contributed by atoms with Crippen molar-refractivity contribution in [1.82, 2.24) is 10.6 Å². The highest BCUT2D eigenvalue weighted by Gasteiger charge is 2.34. The summed E-state index contributed by atoms with van der Waals surface area (Å²) in [5, 5.41) is 6.18. The zero-order chi connectivity index (χ0) is 14.6. The highest BCUT2D eigenvalue weighted by molar-refractivity contribution is 5.94. The second kappa shape index (κ2) is 6.33. The first kappa shape index (κ1) is 14.9. The van der Waals surface area contributed by atoms with Gasteiger partial charge in [-0.25, -0.2) is 4.39 Å². The molecular weight excluding hydrogens is 259 g/mol. The fourth-order valence-corrected chi connectivity index (χ4v) is 2.63. The summed E-state index contributed by atoms with van der Waals surface area (Å²) >= 11 is 0. The van der Waals surface area contributed by atoms with Crippen LogP contribution < -0.4 is 10.6 Å². The molecule has 2 N–H and O–H groups in total. The zero-order valence-electron chi connectivity index (χ0n) is 12.0. The average molecular weight is 280 g/mol. The molecule has 5 heteroatoms. The first-order chi connectivity index (χ1) is 9.56. The van der Waals surface area contributed by atoms with Crippen molar-refractivity contribution in [3.63, 3.8) is 0 Å². The van der Waals surface area contributed by atoms with E-state index in [0.29, 0.717) is 13.2 Å². The van der Waals surface area contributed by atoms with Crippen LogP contribution in [0.15, 0.2) is 18.2 Å². The first-order valence-corrected chi connectivity index (χ1v) is 6.85. The summed E-state index contributed by atoms with van der Waals surface area (Å²) in [7, 11) is 1.64. The molecule has 1 saturated heterocycles. The minimum atomic E-state index is -0.492. The number of amides is 1. The molecule has 1 aromatic rings. The van der Waals surface area contributed by atoms with Gasteiger partial charge >= 0.3 is 0 Å². The van der Waals surface area contributed by atoms with Crippen molar-refractivity contribution in [3.05, 3.63) is 35.1 Å². The molecule has 1 unspecified atom stereocenters. The van der Waals surface area contributed by atoms with Gasteiger partial charge in [0.2, 0.25) is 0 Å². The molecule has 1 fully saturated rings. The maximum absolute atomic E-state index is 13.7. The van der Waals surface area contributed by atoms with Crippen molar-refractivity contribution < 1.29 is 13.9 Å². The molecule has 0 saturated carbocycles. The smallest absolute Gasteiger partial charge is 0.254 e. The molecule has 20 heavy (non-hydrogen) atoms. The molecule has 1 heterocycles. The van der Waals surface area contributed by atoms with Gasteiger partial charge in [0.05, 0.1) is 17.7 Å². The SMILES string of the molecule is COCC1(CNC(=O)c2cc(C)ccc2F)CCCN1. The van der Waals surface area contributed by atoms with E-state index in [-0.39, 0.29) is 17.0 Å². The van der Waals surface area contributed by atoms with E-state index < -0.39 is 5.82 Å². The number of hydrogen-bond acceptors (Lipinski definition) is 3. The molecule has 4 nitrogen and oxygen atoms in total. The van der Waals surface area contributed by atoms with Gasteiger partial charge in [0, 0.05) is 13.7 Å². The fraction of sp³-hybridized carbons (Fsp3) is 0.533. The largest absolute Gasteiger partial charge is 0.383 e. The van der Waals surface area contributed by atoms with E-state index in [4.69, 9.17) is 4.74 Å². The summed E-state index contributed by atoms with van der Waals surface area (Å²) in [4.78, 5) is 12.1. The van der Waals surface area contributed by atoms with Gasteiger partial charge in [-0.05, 0) is 38.4 Å². The minimum Gasteiger partial charge on any atom is -0.383 e. The summed E-state index contributed by atoms with van der Waals surface area (Å²) < 4.78 is 18.9. The fourth-order valence-electron chi connectivity index (χ4n) is 2.63. The molecule has 0 aliphatic carbocycles. The highest BCUT2D eigenvalue weighted by atomic mass is 19.1.